The molecule has 0 bridgehead atoms. The molecule has 31 heavy (non-hydrogen) atoms. The molecule has 0 amide bonds. The maximum absolute atomic E-state index is 5.23. The molecule has 0 radical (unpaired) electrons. The third kappa shape index (κ3) is 6.01. The van der Waals surface area contributed by atoms with Crippen molar-refractivity contribution in [1.29, 1.82) is 0 Å². The van der Waals surface area contributed by atoms with E-state index in [1.54, 1.807) is 0 Å². The van der Waals surface area contributed by atoms with Gasteiger partial charge in [-0.15, -0.1) is 0 Å². The van der Waals surface area contributed by atoms with Crippen LogP contribution in [0.1, 0.15) is 70.1 Å². The Morgan fingerprint density at radius 3 is 2.45 bits per heavy atom. The lowest BCUT2D eigenvalue weighted by Crippen LogP contribution is -2.58. The van der Waals surface area contributed by atoms with Gasteiger partial charge in [0, 0.05) is 44.5 Å². The van der Waals surface area contributed by atoms with Gasteiger partial charge in [-0.2, -0.15) is 5.10 Å². The Hall–Kier alpha value is -1.60. The second kappa shape index (κ2) is 10.8. The van der Waals surface area contributed by atoms with Crippen molar-refractivity contribution in [2.75, 3.05) is 53.4 Å². The highest BCUT2D eigenvalue weighted by molar-refractivity contribution is 5.79. The van der Waals surface area contributed by atoms with Crippen LogP contribution in [-0.2, 0) is 13.6 Å². The molecule has 0 saturated carbocycles. The average Bonchev–Trinajstić information content (AvgIpc) is 3.13. The van der Waals surface area contributed by atoms with Crippen LogP contribution in [0.2, 0.25) is 0 Å². The third-order valence-corrected chi connectivity index (χ3v) is 7.06. The topological polar surface area (TPSA) is 51.9 Å². The van der Waals surface area contributed by atoms with Crippen LogP contribution >= 0.6 is 0 Å². The largest absolute Gasteiger partial charge is 0.357 e. The maximum atomic E-state index is 5.23. The third-order valence-electron chi connectivity index (χ3n) is 7.06. The highest BCUT2D eigenvalue weighted by Gasteiger charge is 2.39. The van der Waals surface area contributed by atoms with Crippen LogP contribution in [0.3, 0.4) is 0 Å². The van der Waals surface area contributed by atoms with Crippen molar-refractivity contribution in [3.8, 4) is 0 Å². The molecule has 2 aliphatic heterocycles. The zero-order valence-electron chi connectivity index (χ0n) is 20.8. The van der Waals surface area contributed by atoms with Crippen molar-refractivity contribution < 1.29 is 0 Å². The minimum absolute atomic E-state index is 0.214. The van der Waals surface area contributed by atoms with Crippen LogP contribution in [0.4, 0.5) is 0 Å². The highest BCUT2D eigenvalue weighted by atomic mass is 15.3. The van der Waals surface area contributed by atoms with E-state index < -0.39 is 0 Å². The molecular weight excluding hydrogens is 386 g/mol. The minimum atomic E-state index is 0.214. The molecule has 0 unspecified atom stereocenters. The zero-order valence-corrected chi connectivity index (χ0v) is 20.8. The fourth-order valence-corrected chi connectivity index (χ4v) is 5.16. The molecule has 1 aromatic rings. The highest BCUT2D eigenvalue weighted by Crippen LogP contribution is 2.32. The van der Waals surface area contributed by atoms with E-state index in [0.29, 0.717) is 5.92 Å². The molecule has 176 valence electrons. The van der Waals surface area contributed by atoms with Gasteiger partial charge in [-0.1, -0.05) is 20.3 Å². The number of aliphatic imine (C=N–C) groups is 1. The number of piperidine rings is 2. The lowest BCUT2D eigenvalue weighted by Gasteiger charge is -2.49. The first-order chi connectivity index (χ1) is 14.8. The molecule has 0 aliphatic carbocycles. The average molecular weight is 432 g/mol. The first-order valence-electron chi connectivity index (χ1n) is 12.3. The summed E-state index contributed by atoms with van der Waals surface area (Å²) < 4.78 is 1.94. The zero-order chi connectivity index (χ0) is 22.4. The van der Waals surface area contributed by atoms with Crippen LogP contribution in [0, 0.1) is 0 Å². The summed E-state index contributed by atoms with van der Waals surface area (Å²) in [6, 6.07) is 0. The number of likely N-dealkylation sites (tertiary alicyclic amines) is 2. The van der Waals surface area contributed by atoms with Gasteiger partial charge in [-0.05, 0) is 71.8 Å². The number of guanidine groups is 1. The van der Waals surface area contributed by atoms with E-state index in [9.17, 15) is 0 Å². The van der Waals surface area contributed by atoms with E-state index >= 15 is 0 Å². The second-order valence-corrected chi connectivity index (χ2v) is 9.97. The molecule has 2 fully saturated rings. The normalized spacial score (nSPS) is 20.9. The molecular formula is C24H45N7. The summed E-state index contributed by atoms with van der Waals surface area (Å²) in [6.07, 6.45) is 8.64. The first-order valence-corrected chi connectivity index (χ1v) is 12.3. The van der Waals surface area contributed by atoms with E-state index in [1.807, 2.05) is 11.7 Å². The van der Waals surface area contributed by atoms with E-state index in [-0.39, 0.29) is 5.54 Å². The van der Waals surface area contributed by atoms with Gasteiger partial charge in [0.25, 0.3) is 0 Å². The summed E-state index contributed by atoms with van der Waals surface area (Å²) in [4.78, 5) is 12.7. The van der Waals surface area contributed by atoms with E-state index in [2.05, 4.69) is 66.2 Å². The molecule has 3 heterocycles. The van der Waals surface area contributed by atoms with Crippen LogP contribution in [0.15, 0.2) is 11.2 Å². The summed E-state index contributed by atoms with van der Waals surface area (Å²) >= 11 is 0. The number of nitrogens with one attached hydrogen (secondary N) is 1. The van der Waals surface area contributed by atoms with Crippen LogP contribution in [0.5, 0.6) is 0 Å². The lowest BCUT2D eigenvalue weighted by molar-refractivity contribution is 0.0206. The van der Waals surface area contributed by atoms with Gasteiger partial charge in [0.2, 0.25) is 0 Å². The van der Waals surface area contributed by atoms with Crippen LogP contribution in [-0.4, -0.2) is 89.3 Å². The Kier molecular flexibility index (Phi) is 8.39. The van der Waals surface area contributed by atoms with Crippen molar-refractivity contribution in [3.05, 3.63) is 17.5 Å². The van der Waals surface area contributed by atoms with Gasteiger partial charge in [-0.3, -0.25) is 14.6 Å². The fraction of sp³-hybridized carbons (Fsp3) is 0.833. The Labute approximate surface area is 189 Å². The number of rotatable bonds is 7. The predicted molar refractivity (Wildman–Crippen MR) is 130 cm³/mol. The standard InChI is InChI=1S/C24H45N7/c1-7-25-23(29(5)17-21-18-30(6)27-22(21)20(2)3)26-19-24(11-15-28(4)16-12-24)31-13-9-8-10-14-31/h18,20H,7-17,19H2,1-6H3,(H,25,26). The first kappa shape index (κ1) is 24.1. The summed E-state index contributed by atoms with van der Waals surface area (Å²) in [5.41, 5.74) is 2.69. The summed E-state index contributed by atoms with van der Waals surface area (Å²) in [7, 11) is 6.42. The van der Waals surface area contributed by atoms with Crippen molar-refractivity contribution in [2.45, 2.75) is 70.9 Å². The van der Waals surface area contributed by atoms with E-state index in [0.717, 1.165) is 25.6 Å². The van der Waals surface area contributed by atoms with Gasteiger partial charge >= 0.3 is 0 Å². The molecule has 1 N–H and O–H groups in total. The summed E-state index contributed by atoms with van der Waals surface area (Å²) in [5, 5.41) is 8.23. The predicted octanol–water partition coefficient (Wildman–Crippen LogP) is 2.89. The lowest BCUT2D eigenvalue weighted by atomic mass is 9.84. The maximum Gasteiger partial charge on any atom is 0.194 e. The molecule has 7 heteroatoms. The van der Waals surface area contributed by atoms with Crippen LogP contribution < -0.4 is 5.32 Å². The molecule has 2 saturated heterocycles. The van der Waals surface area contributed by atoms with Crippen molar-refractivity contribution in [2.24, 2.45) is 12.0 Å². The van der Waals surface area contributed by atoms with Gasteiger partial charge in [-0.25, -0.2) is 0 Å². The van der Waals surface area contributed by atoms with Crippen molar-refractivity contribution in [3.63, 3.8) is 0 Å². The number of aryl methyl sites for hydroxylation is 1. The molecule has 3 rings (SSSR count). The number of nitrogens with zero attached hydrogens (tertiary/aromatic N) is 6. The van der Waals surface area contributed by atoms with Gasteiger partial charge in [0.15, 0.2) is 5.96 Å². The monoisotopic (exact) mass is 431 g/mol. The molecule has 7 nitrogen and oxygen atoms in total. The minimum Gasteiger partial charge on any atom is -0.357 e. The molecule has 0 aromatic carbocycles. The van der Waals surface area contributed by atoms with Gasteiger partial charge in [0.05, 0.1) is 12.2 Å². The molecule has 1 aromatic heterocycles. The molecule has 0 spiro atoms. The number of aromatic nitrogens is 2. The van der Waals surface area contributed by atoms with E-state index in [1.165, 1.54) is 69.5 Å². The fourth-order valence-electron chi connectivity index (χ4n) is 5.16. The SMILES string of the molecule is CCNC(=NCC1(N2CCCCC2)CCN(C)CC1)N(C)Cc1cn(C)nc1C(C)C. The number of hydrogen-bond acceptors (Lipinski definition) is 4. The summed E-state index contributed by atoms with van der Waals surface area (Å²) in [6.45, 7) is 14.0. The van der Waals surface area contributed by atoms with Gasteiger partial charge in [0.1, 0.15) is 0 Å². The molecule has 0 atom stereocenters. The quantitative estimate of drug-likeness (QED) is 0.531. The number of hydrogen-bond donors (Lipinski definition) is 1. The molecule has 2 aliphatic rings. The Morgan fingerprint density at radius 2 is 1.84 bits per heavy atom. The van der Waals surface area contributed by atoms with Gasteiger partial charge < -0.3 is 15.1 Å². The van der Waals surface area contributed by atoms with E-state index in [4.69, 9.17) is 4.99 Å². The van der Waals surface area contributed by atoms with Crippen molar-refractivity contribution >= 4 is 5.96 Å². The Bertz CT molecular complexity index is 710. The second-order valence-electron chi connectivity index (χ2n) is 9.97. The Balaban J connectivity index is 1.77. The van der Waals surface area contributed by atoms with Crippen molar-refractivity contribution in [1.82, 2.24) is 29.8 Å². The van der Waals surface area contributed by atoms with Crippen LogP contribution in [0.25, 0.3) is 0 Å². The Morgan fingerprint density at radius 1 is 1.16 bits per heavy atom. The summed E-state index contributed by atoms with van der Waals surface area (Å²) in [5.74, 6) is 1.43. The smallest absolute Gasteiger partial charge is 0.194 e.